The molecule has 0 aliphatic carbocycles. The molecule has 0 bridgehead atoms. The SMILES string of the molecule is CCOc1ccc(C2CCCN2C(=O)Cn2nc(C)c([N+](=O)[O-])c2C)cc1. The summed E-state index contributed by atoms with van der Waals surface area (Å²) in [5.41, 5.74) is 1.79. The van der Waals surface area contributed by atoms with Crippen molar-refractivity contribution in [2.24, 2.45) is 0 Å². The van der Waals surface area contributed by atoms with Crippen LogP contribution in [0, 0.1) is 24.0 Å². The molecule has 27 heavy (non-hydrogen) atoms. The summed E-state index contributed by atoms with van der Waals surface area (Å²) in [5.74, 6) is 0.735. The molecule has 3 rings (SSSR count). The fourth-order valence-corrected chi connectivity index (χ4v) is 3.69. The fraction of sp³-hybridized carbons (Fsp3) is 0.474. The highest BCUT2D eigenvalue weighted by atomic mass is 16.6. The lowest BCUT2D eigenvalue weighted by Gasteiger charge is -2.25. The van der Waals surface area contributed by atoms with Gasteiger partial charge in [-0.3, -0.25) is 19.6 Å². The van der Waals surface area contributed by atoms with E-state index in [0.29, 0.717) is 24.5 Å². The lowest BCUT2D eigenvalue weighted by Crippen LogP contribution is -2.34. The zero-order valence-electron chi connectivity index (χ0n) is 15.8. The van der Waals surface area contributed by atoms with Gasteiger partial charge in [0.25, 0.3) is 0 Å². The highest BCUT2D eigenvalue weighted by molar-refractivity contribution is 5.77. The number of nitro groups is 1. The lowest BCUT2D eigenvalue weighted by atomic mass is 10.0. The van der Waals surface area contributed by atoms with E-state index < -0.39 is 4.92 Å². The second-order valence-corrected chi connectivity index (χ2v) is 6.68. The van der Waals surface area contributed by atoms with Gasteiger partial charge >= 0.3 is 5.69 Å². The molecule has 1 fully saturated rings. The zero-order chi connectivity index (χ0) is 19.6. The molecule has 1 atom stereocenters. The van der Waals surface area contributed by atoms with Crippen LogP contribution in [-0.2, 0) is 11.3 Å². The zero-order valence-corrected chi connectivity index (χ0v) is 15.8. The predicted molar refractivity (Wildman–Crippen MR) is 99.7 cm³/mol. The number of carbonyl (C=O) groups excluding carboxylic acids is 1. The Hall–Kier alpha value is -2.90. The van der Waals surface area contributed by atoms with Gasteiger partial charge in [0.15, 0.2) is 0 Å². The van der Waals surface area contributed by atoms with Crippen molar-refractivity contribution in [3.05, 3.63) is 51.3 Å². The van der Waals surface area contributed by atoms with Crippen LogP contribution >= 0.6 is 0 Å². The molecule has 0 saturated carbocycles. The molecular weight excluding hydrogens is 348 g/mol. The molecule has 1 amide bonds. The summed E-state index contributed by atoms with van der Waals surface area (Å²) in [6.45, 7) is 6.45. The highest BCUT2D eigenvalue weighted by Crippen LogP contribution is 2.33. The topological polar surface area (TPSA) is 90.5 Å². The summed E-state index contributed by atoms with van der Waals surface area (Å²) in [6, 6.07) is 7.85. The first-order valence-corrected chi connectivity index (χ1v) is 9.13. The quantitative estimate of drug-likeness (QED) is 0.574. The standard InChI is InChI=1S/C19H24N4O4/c1-4-27-16-9-7-15(8-10-16)17-6-5-11-21(17)18(24)12-22-14(3)19(23(25)26)13(2)20-22/h7-10,17H,4-6,11-12H2,1-3H3. The number of carbonyl (C=O) groups is 1. The lowest BCUT2D eigenvalue weighted by molar-refractivity contribution is -0.386. The van der Waals surface area contributed by atoms with E-state index in [4.69, 9.17) is 4.74 Å². The van der Waals surface area contributed by atoms with E-state index in [1.54, 1.807) is 13.8 Å². The van der Waals surface area contributed by atoms with Crippen LogP contribution in [0.15, 0.2) is 24.3 Å². The van der Waals surface area contributed by atoms with Gasteiger partial charge in [0.2, 0.25) is 5.91 Å². The van der Waals surface area contributed by atoms with Gasteiger partial charge in [-0.1, -0.05) is 12.1 Å². The summed E-state index contributed by atoms with van der Waals surface area (Å²) in [4.78, 5) is 25.4. The van der Waals surface area contributed by atoms with Crippen LogP contribution in [0.2, 0.25) is 0 Å². The van der Waals surface area contributed by atoms with E-state index in [1.165, 1.54) is 4.68 Å². The van der Waals surface area contributed by atoms with Crippen molar-refractivity contribution in [2.45, 2.75) is 46.2 Å². The Morgan fingerprint density at radius 3 is 2.63 bits per heavy atom. The fourth-order valence-electron chi connectivity index (χ4n) is 3.69. The van der Waals surface area contributed by atoms with Crippen LogP contribution in [0.25, 0.3) is 0 Å². The number of aromatic nitrogens is 2. The molecule has 1 saturated heterocycles. The normalized spacial score (nSPS) is 16.6. The number of amides is 1. The van der Waals surface area contributed by atoms with Crippen molar-refractivity contribution in [1.82, 2.24) is 14.7 Å². The first-order valence-electron chi connectivity index (χ1n) is 9.13. The van der Waals surface area contributed by atoms with Crippen molar-refractivity contribution < 1.29 is 14.5 Å². The Kier molecular flexibility index (Phi) is 5.43. The predicted octanol–water partition coefficient (Wildman–Crippen LogP) is 3.17. The van der Waals surface area contributed by atoms with Gasteiger partial charge in [-0.05, 0) is 51.3 Å². The second-order valence-electron chi connectivity index (χ2n) is 6.68. The summed E-state index contributed by atoms with van der Waals surface area (Å²) in [5, 5.41) is 15.3. The number of ether oxygens (including phenoxy) is 1. The number of rotatable bonds is 6. The van der Waals surface area contributed by atoms with Crippen LogP contribution in [0.5, 0.6) is 5.75 Å². The molecule has 1 aliphatic rings. The summed E-state index contributed by atoms with van der Waals surface area (Å²) in [7, 11) is 0. The van der Waals surface area contributed by atoms with Gasteiger partial charge in [0.05, 0.1) is 17.6 Å². The molecule has 2 heterocycles. The van der Waals surface area contributed by atoms with Gasteiger partial charge in [0, 0.05) is 6.54 Å². The third-order valence-corrected chi connectivity index (χ3v) is 4.96. The number of nitrogens with zero attached hydrogens (tertiary/aromatic N) is 4. The Labute approximate surface area is 157 Å². The number of likely N-dealkylation sites (tertiary alicyclic amines) is 1. The number of aryl methyl sites for hydroxylation is 1. The molecule has 8 nitrogen and oxygen atoms in total. The van der Waals surface area contributed by atoms with Crippen molar-refractivity contribution in [3.8, 4) is 5.75 Å². The van der Waals surface area contributed by atoms with Crippen molar-refractivity contribution >= 4 is 11.6 Å². The monoisotopic (exact) mass is 372 g/mol. The van der Waals surface area contributed by atoms with Crippen LogP contribution in [0.1, 0.15) is 42.8 Å². The van der Waals surface area contributed by atoms with Crippen LogP contribution in [0.3, 0.4) is 0 Å². The number of hydrogen-bond acceptors (Lipinski definition) is 5. The first kappa shape index (κ1) is 18.9. The van der Waals surface area contributed by atoms with E-state index in [-0.39, 0.29) is 24.2 Å². The summed E-state index contributed by atoms with van der Waals surface area (Å²) in [6.07, 6.45) is 1.83. The second kappa shape index (κ2) is 7.77. The van der Waals surface area contributed by atoms with Gasteiger partial charge in [-0.25, -0.2) is 0 Å². The van der Waals surface area contributed by atoms with Gasteiger partial charge in [-0.2, -0.15) is 5.10 Å². The molecule has 144 valence electrons. The third-order valence-electron chi connectivity index (χ3n) is 4.96. The molecule has 0 radical (unpaired) electrons. The Morgan fingerprint density at radius 2 is 2.04 bits per heavy atom. The molecule has 8 heteroatoms. The van der Waals surface area contributed by atoms with Gasteiger partial charge in [-0.15, -0.1) is 0 Å². The average molecular weight is 372 g/mol. The minimum atomic E-state index is -0.447. The maximum Gasteiger partial charge on any atom is 0.312 e. The summed E-state index contributed by atoms with van der Waals surface area (Å²) < 4.78 is 6.91. The van der Waals surface area contributed by atoms with E-state index >= 15 is 0 Å². The molecule has 1 aromatic carbocycles. The molecule has 0 spiro atoms. The number of hydrogen-bond donors (Lipinski definition) is 0. The summed E-state index contributed by atoms with van der Waals surface area (Å²) >= 11 is 0. The van der Waals surface area contributed by atoms with Gasteiger partial charge < -0.3 is 9.64 Å². The minimum Gasteiger partial charge on any atom is -0.494 e. The Balaban J connectivity index is 1.76. The molecule has 1 unspecified atom stereocenters. The minimum absolute atomic E-state index is 0.00798. The van der Waals surface area contributed by atoms with E-state index in [2.05, 4.69) is 5.10 Å². The Bertz CT molecular complexity index is 844. The molecular formula is C19H24N4O4. The van der Waals surface area contributed by atoms with Crippen LogP contribution in [-0.4, -0.2) is 38.7 Å². The van der Waals surface area contributed by atoms with Crippen LogP contribution in [0.4, 0.5) is 5.69 Å². The molecule has 1 aliphatic heterocycles. The van der Waals surface area contributed by atoms with Crippen molar-refractivity contribution in [1.29, 1.82) is 0 Å². The smallest absolute Gasteiger partial charge is 0.312 e. The molecule has 0 N–H and O–H groups in total. The van der Waals surface area contributed by atoms with Crippen LogP contribution < -0.4 is 4.74 Å². The first-order chi connectivity index (χ1) is 12.9. The molecule has 1 aromatic heterocycles. The third kappa shape index (κ3) is 3.79. The average Bonchev–Trinajstić information content (AvgIpc) is 3.21. The number of benzene rings is 1. The maximum atomic E-state index is 12.9. The molecule has 2 aromatic rings. The maximum absolute atomic E-state index is 12.9. The van der Waals surface area contributed by atoms with E-state index in [1.807, 2.05) is 36.1 Å². The van der Waals surface area contributed by atoms with Gasteiger partial charge in [0.1, 0.15) is 23.7 Å². The van der Waals surface area contributed by atoms with E-state index in [0.717, 1.165) is 24.2 Å². The van der Waals surface area contributed by atoms with E-state index in [9.17, 15) is 14.9 Å². The largest absolute Gasteiger partial charge is 0.494 e. The highest BCUT2D eigenvalue weighted by Gasteiger charge is 2.31. The Morgan fingerprint density at radius 1 is 1.33 bits per heavy atom. The van der Waals surface area contributed by atoms with Crippen molar-refractivity contribution in [2.75, 3.05) is 13.2 Å². The van der Waals surface area contributed by atoms with Crippen molar-refractivity contribution in [3.63, 3.8) is 0 Å².